The van der Waals surface area contributed by atoms with E-state index in [4.69, 9.17) is 0 Å². The van der Waals surface area contributed by atoms with Crippen LogP contribution in [0.15, 0.2) is 40.9 Å². The van der Waals surface area contributed by atoms with E-state index in [1.54, 1.807) is 11.3 Å². The number of anilines is 1. The second-order valence-electron chi connectivity index (χ2n) is 3.41. The maximum absolute atomic E-state index is 4.12. The maximum Gasteiger partial charge on any atom is 0.0795 e. The van der Waals surface area contributed by atoms with Crippen LogP contribution in [0.5, 0.6) is 0 Å². The van der Waals surface area contributed by atoms with Crippen molar-refractivity contribution in [2.75, 3.05) is 11.1 Å². The number of para-hydroxylation sites is 1. The van der Waals surface area contributed by atoms with Gasteiger partial charge >= 0.3 is 0 Å². The zero-order chi connectivity index (χ0) is 10.1. The Labute approximate surface area is 96.7 Å². The third-order valence-electron chi connectivity index (χ3n) is 2.42. The summed E-state index contributed by atoms with van der Waals surface area (Å²) in [6.07, 6.45) is 1.96. The standard InChI is InChI=1S/C11H10N2S2/c1-2-4-10-8(3-1)13-9(6-14-10)11-5-12-7-15-11/h1-5,7,9,13H,6H2. The highest BCUT2D eigenvalue weighted by Gasteiger charge is 2.19. The summed E-state index contributed by atoms with van der Waals surface area (Å²) in [7, 11) is 0. The van der Waals surface area contributed by atoms with Crippen molar-refractivity contribution in [1.29, 1.82) is 0 Å². The highest BCUT2D eigenvalue weighted by atomic mass is 32.2. The molecule has 1 aromatic carbocycles. The number of thioether (sulfide) groups is 1. The molecule has 0 saturated heterocycles. The number of nitrogens with one attached hydrogen (secondary N) is 1. The van der Waals surface area contributed by atoms with Crippen LogP contribution in [0.2, 0.25) is 0 Å². The average Bonchev–Trinajstić information content (AvgIpc) is 2.82. The molecule has 2 nitrogen and oxygen atoms in total. The summed E-state index contributed by atoms with van der Waals surface area (Å²) >= 11 is 3.63. The van der Waals surface area contributed by atoms with Crippen LogP contribution in [-0.2, 0) is 0 Å². The van der Waals surface area contributed by atoms with E-state index >= 15 is 0 Å². The molecular formula is C11H10N2S2. The van der Waals surface area contributed by atoms with Crippen LogP contribution in [0.4, 0.5) is 5.69 Å². The summed E-state index contributed by atoms with van der Waals surface area (Å²) in [5.74, 6) is 1.08. The summed E-state index contributed by atoms with van der Waals surface area (Å²) in [6.45, 7) is 0. The summed E-state index contributed by atoms with van der Waals surface area (Å²) in [4.78, 5) is 6.78. The molecule has 1 unspecified atom stereocenters. The first-order chi connectivity index (χ1) is 7.43. The van der Waals surface area contributed by atoms with Gasteiger partial charge in [-0.25, -0.2) is 0 Å². The number of thiazole rings is 1. The first-order valence-electron chi connectivity index (χ1n) is 4.80. The number of fused-ring (bicyclic) bond motifs is 1. The molecule has 0 aliphatic carbocycles. The second-order valence-corrected chi connectivity index (χ2v) is 5.39. The van der Waals surface area contributed by atoms with E-state index in [9.17, 15) is 0 Å². The molecule has 2 aromatic rings. The van der Waals surface area contributed by atoms with Gasteiger partial charge in [0.05, 0.1) is 11.6 Å². The number of hydrogen-bond acceptors (Lipinski definition) is 4. The highest BCUT2D eigenvalue weighted by molar-refractivity contribution is 7.99. The zero-order valence-electron chi connectivity index (χ0n) is 8.01. The molecule has 0 amide bonds. The van der Waals surface area contributed by atoms with Crippen molar-refractivity contribution in [1.82, 2.24) is 4.98 Å². The number of rotatable bonds is 1. The monoisotopic (exact) mass is 234 g/mol. The molecule has 1 aromatic heterocycles. The lowest BCUT2D eigenvalue weighted by Gasteiger charge is -2.25. The minimum Gasteiger partial charge on any atom is -0.376 e. The van der Waals surface area contributed by atoms with Gasteiger partial charge in [0.2, 0.25) is 0 Å². The minimum atomic E-state index is 0.414. The molecule has 1 N–H and O–H groups in total. The van der Waals surface area contributed by atoms with Gasteiger partial charge in [-0.05, 0) is 12.1 Å². The molecule has 0 bridgehead atoms. The molecule has 15 heavy (non-hydrogen) atoms. The van der Waals surface area contributed by atoms with E-state index < -0.39 is 0 Å². The van der Waals surface area contributed by atoms with Crippen LogP contribution in [0, 0.1) is 0 Å². The van der Waals surface area contributed by atoms with Gasteiger partial charge in [0, 0.05) is 27.4 Å². The van der Waals surface area contributed by atoms with Crippen molar-refractivity contribution < 1.29 is 0 Å². The lowest BCUT2D eigenvalue weighted by Crippen LogP contribution is -2.16. The molecule has 0 saturated carbocycles. The van der Waals surface area contributed by atoms with E-state index in [1.807, 2.05) is 23.5 Å². The molecule has 1 atom stereocenters. The summed E-state index contributed by atoms with van der Waals surface area (Å²) in [5.41, 5.74) is 3.13. The first kappa shape index (κ1) is 9.24. The van der Waals surface area contributed by atoms with Crippen LogP contribution in [0.25, 0.3) is 0 Å². The molecule has 0 radical (unpaired) electrons. The summed E-state index contributed by atoms with van der Waals surface area (Å²) in [6, 6.07) is 8.87. The molecule has 4 heteroatoms. The molecule has 0 spiro atoms. The van der Waals surface area contributed by atoms with Crippen molar-refractivity contribution in [3.63, 3.8) is 0 Å². The van der Waals surface area contributed by atoms with E-state index in [-0.39, 0.29) is 0 Å². The van der Waals surface area contributed by atoms with Gasteiger partial charge in [-0.2, -0.15) is 0 Å². The molecular weight excluding hydrogens is 224 g/mol. The van der Waals surface area contributed by atoms with E-state index in [2.05, 4.69) is 34.6 Å². The maximum atomic E-state index is 4.12. The molecule has 2 heterocycles. The average molecular weight is 234 g/mol. The van der Waals surface area contributed by atoms with Crippen molar-refractivity contribution in [3.8, 4) is 0 Å². The molecule has 1 aliphatic heterocycles. The molecule has 76 valence electrons. The third kappa shape index (κ3) is 1.75. The van der Waals surface area contributed by atoms with Crippen molar-refractivity contribution >= 4 is 28.8 Å². The Morgan fingerprint density at radius 2 is 2.27 bits per heavy atom. The van der Waals surface area contributed by atoms with Gasteiger partial charge < -0.3 is 5.32 Å². The van der Waals surface area contributed by atoms with Crippen LogP contribution < -0.4 is 5.32 Å². The molecule has 1 aliphatic rings. The predicted molar refractivity (Wildman–Crippen MR) is 65.6 cm³/mol. The van der Waals surface area contributed by atoms with Crippen molar-refractivity contribution in [2.24, 2.45) is 0 Å². The zero-order valence-corrected chi connectivity index (χ0v) is 9.65. The number of hydrogen-bond donors (Lipinski definition) is 1. The van der Waals surface area contributed by atoms with E-state index in [0.29, 0.717) is 6.04 Å². The Kier molecular flexibility index (Phi) is 2.38. The van der Waals surface area contributed by atoms with Crippen LogP contribution in [0.3, 0.4) is 0 Å². The minimum absolute atomic E-state index is 0.414. The fourth-order valence-corrected chi connectivity index (χ4v) is 3.51. The van der Waals surface area contributed by atoms with Gasteiger partial charge in [0.1, 0.15) is 0 Å². The lowest BCUT2D eigenvalue weighted by atomic mass is 10.2. The third-order valence-corrected chi connectivity index (χ3v) is 4.47. The Morgan fingerprint density at radius 1 is 1.33 bits per heavy atom. The van der Waals surface area contributed by atoms with Gasteiger partial charge in [0.25, 0.3) is 0 Å². The number of aromatic nitrogens is 1. The van der Waals surface area contributed by atoms with Crippen LogP contribution >= 0.6 is 23.1 Å². The topological polar surface area (TPSA) is 24.9 Å². The Morgan fingerprint density at radius 3 is 3.13 bits per heavy atom. The summed E-state index contributed by atoms with van der Waals surface area (Å²) < 4.78 is 0. The highest BCUT2D eigenvalue weighted by Crippen LogP contribution is 2.38. The largest absolute Gasteiger partial charge is 0.376 e. The Bertz CT molecular complexity index is 453. The molecule has 0 fully saturated rings. The quantitative estimate of drug-likeness (QED) is 0.818. The van der Waals surface area contributed by atoms with Crippen molar-refractivity contribution in [2.45, 2.75) is 10.9 Å². The Balaban J connectivity index is 1.89. The smallest absolute Gasteiger partial charge is 0.0795 e. The van der Waals surface area contributed by atoms with Gasteiger partial charge in [-0.3, -0.25) is 4.98 Å². The number of benzene rings is 1. The second kappa shape index (κ2) is 3.87. The predicted octanol–water partition coefficient (Wildman–Crippen LogP) is 3.40. The molecule has 3 rings (SSSR count). The Hall–Kier alpha value is -1.000. The van der Waals surface area contributed by atoms with Crippen molar-refractivity contribution in [3.05, 3.63) is 40.8 Å². The fraction of sp³-hybridized carbons (Fsp3) is 0.182. The van der Waals surface area contributed by atoms with Crippen LogP contribution in [-0.4, -0.2) is 10.7 Å². The van der Waals surface area contributed by atoms with E-state index in [0.717, 1.165) is 5.75 Å². The number of nitrogens with zero attached hydrogens (tertiary/aromatic N) is 1. The van der Waals surface area contributed by atoms with Crippen LogP contribution in [0.1, 0.15) is 10.9 Å². The lowest BCUT2D eigenvalue weighted by molar-refractivity contribution is 0.898. The van der Waals surface area contributed by atoms with E-state index in [1.165, 1.54) is 15.5 Å². The summed E-state index contributed by atoms with van der Waals surface area (Å²) in [5, 5.41) is 3.55. The first-order valence-corrected chi connectivity index (χ1v) is 6.67. The fourth-order valence-electron chi connectivity index (χ4n) is 1.67. The van der Waals surface area contributed by atoms with Gasteiger partial charge in [-0.15, -0.1) is 23.1 Å². The van der Waals surface area contributed by atoms with Gasteiger partial charge in [0.15, 0.2) is 0 Å². The SMILES string of the molecule is c1ccc2c(c1)NC(c1cncs1)CS2. The normalized spacial score (nSPS) is 19.3. The van der Waals surface area contributed by atoms with Gasteiger partial charge in [-0.1, -0.05) is 12.1 Å².